The van der Waals surface area contributed by atoms with E-state index in [-0.39, 0.29) is 12.3 Å². The summed E-state index contributed by atoms with van der Waals surface area (Å²) < 4.78 is 10.1. The van der Waals surface area contributed by atoms with Crippen molar-refractivity contribution in [2.45, 2.75) is 6.61 Å². The molecule has 0 aliphatic heterocycles. The highest BCUT2D eigenvalue weighted by molar-refractivity contribution is 5.89. The Labute approximate surface area is 121 Å². The van der Waals surface area contributed by atoms with Gasteiger partial charge in [-0.3, -0.25) is 10.1 Å². The average molecular weight is 287 g/mol. The van der Waals surface area contributed by atoms with E-state index >= 15 is 0 Å². The van der Waals surface area contributed by atoms with Gasteiger partial charge in [0.15, 0.2) is 0 Å². The zero-order chi connectivity index (χ0) is 15.2. The molecule has 0 saturated heterocycles. The van der Waals surface area contributed by atoms with Gasteiger partial charge in [0.25, 0.3) is 5.69 Å². The van der Waals surface area contributed by atoms with E-state index in [4.69, 9.17) is 4.74 Å². The van der Waals surface area contributed by atoms with E-state index in [2.05, 4.69) is 4.74 Å². The number of non-ortho nitro benzene ring substituents is 1. The molecule has 0 heterocycles. The van der Waals surface area contributed by atoms with Crippen molar-refractivity contribution in [3.05, 3.63) is 69.8 Å². The summed E-state index contributed by atoms with van der Waals surface area (Å²) in [7, 11) is 1.31. The standard InChI is InChI=1S/C15H13NO5/c1-20-15(17)12-5-2-4-11(8-12)10-21-14-7-3-6-13(9-14)16(18)19/h2-9H,10H2,1H3. The summed E-state index contributed by atoms with van der Waals surface area (Å²) in [6.45, 7) is 0.200. The largest absolute Gasteiger partial charge is 0.489 e. The van der Waals surface area contributed by atoms with Crippen LogP contribution in [-0.4, -0.2) is 18.0 Å². The van der Waals surface area contributed by atoms with Crippen molar-refractivity contribution in [3.8, 4) is 5.75 Å². The van der Waals surface area contributed by atoms with E-state index in [9.17, 15) is 14.9 Å². The number of hydrogen-bond donors (Lipinski definition) is 0. The summed E-state index contributed by atoms with van der Waals surface area (Å²) in [6, 6.07) is 12.7. The highest BCUT2D eigenvalue weighted by Crippen LogP contribution is 2.20. The summed E-state index contributed by atoms with van der Waals surface area (Å²) >= 11 is 0. The first-order valence-corrected chi connectivity index (χ1v) is 6.14. The minimum atomic E-state index is -0.481. The Hall–Kier alpha value is -2.89. The summed E-state index contributed by atoms with van der Waals surface area (Å²) in [5, 5.41) is 10.7. The number of rotatable bonds is 5. The second-order valence-corrected chi connectivity index (χ2v) is 4.24. The van der Waals surface area contributed by atoms with Crippen LogP contribution in [0.5, 0.6) is 5.75 Å². The Morgan fingerprint density at radius 1 is 1.19 bits per heavy atom. The number of nitro groups is 1. The third-order valence-electron chi connectivity index (χ3n) is 2.78. The molecular weight excluding hydrogens is 274 g/mol. The molecule has 0 atom stereocenters. The highest BCUT2D eigenvalue weighted by Gasteiger charge is 2.08. The van der Waals surface area contributed by atoms with Gasteiger partial charge in [-0.05, 0) is 23.8 Å². The molecule has 0 aliphatic carbocycles. The van der Waals surface area contributed by atoms with Crippen LogP contribution in [0.2, 0.25) is 0 Å². The molecule has 0 amide bonds. The molecule has 0 fully saturated rings. The first-order chi connectivity index (χ1) is 10.1. The van der Waals surface area contributed by atoms with Crippen LogP contribution in [0.15, 0.2) is 48.5 Å². The number of carbonyl (C=O) groups is 1. The average Bonchev–Trinajstić information content (AvgIpc) is 2.52. The second-order valence-electron chi connectivity index (χ2n) is 4.24. The number of hydrogen-bond acceptors (Lipinski definition) is 5. The first-order valence-electron chi connectivity index (χ1n) is 6.14. The SMILES string of the molecule is COC(=O)c1cccc(COc2cccc([N+](=O)[O-])c2)c1. The molecule has 2 aromatic rings. The van der Waals surface area contributed by atoms with Crippen LogP contribution < -0.4 is 4.74 Å². The van der Waals surface area contributed by atoms with Crippen molar-refractivity contribution in [3.63, 3.8) is 0 Å². The molecule has 0 radical (unpaired) electrons. The lowest BCUT2D eigenvalue weighted by molar-refractivity contribution is -0.384. The predicted molar refractivity (Wildman–Crippen MR) is 75.2 cm³/mol. The number of methoxy groups -OCH3 is 1. The minimum Gasteiger partial charge on any atom is -0.489 e. The van der Waals surface area contributed by atoms with Crippen LogP contribution in [0.3, 0.4) is 0 Å². The van der Waals surface area contributed by atoms with Crippen LogP contribution in [0, 0.1) is 10.1 Å². The van der Waals surface area contributed by atoms with Crippen LogP contribution in [0.25, 0.3) is 0 Å². The Kier molecular flexibility index (Phi) is 4.50. The molecule has 0 aliphatic rings. The van der Waals surface area contributed by atoms with Gasteiger partial charge in [-0.1, -0.05) is 18.2 Å². The lowest BCUT2D eigenvalue weighted by atomic mass is 10.1. The van der Waals surface area contributed by atoms with E-state index in [1.54, 1.807) is 36.4 Å². The summed E-state index contributed by atoms with van der Waals surface area (Å²) in [5.74, 6) is -0.0279. The molecule has 108 valence electrons. The number of nitro benzene ring substituents is 1. The predicted octanol–water partition coefficient (Wildman–Crippen LogP) is 2.96. The van der Waals surface area contributed by atoms with Gasteiger partial charge in [0, 0.05) is 6.07 Å². The highest BCUT2D eigenvalue weighted by atomic mass is 16.6. The zero-order valence-electron chi connectivity index (χ0n) is 11.3. The normalized spacial score (nSPS) is 9.95. The van der Waals surface area contributed by atoms with Crippen molar-refractivity contribution in [2.24, 2.45) is 0 Å². The lowest BCUT2D eigenvalue weighted by Crippen LogP contribution is -2.03. The van der Waals surface area contributed by atoms with Crippen LogP contribution in [-0.2, 0) is 11.3 Å². The molecule has 0 bridgehead atoms. The maximum absolute atomic E-state index is 11.4. The quantitative estimate of drug-likeness (QED) is 0.480. The van der Waals surface area contributed by atoms with Gasteiger partial charge in [-0.15, -0.1) is 0 Å². The fourth-order valence-electron chi connectivity index (χ4n) is 1.76. The number of nitrogens with zero attached hydrogens (tertiary/aromatic N) is 1. The van der Waals surface area contributed by atoms with E-state index in [1.165, 1.54) is 19.2 Å². The maximum Gasteiger partial charge on any atom is 0.337 e. The van der Waals surface area contributed by atoms with E-state index < -0.39 is 10.9 Å². The van der Waals surface area contributed by atoms with Crippen LogP contribution >= 0.6 is 0 Å². The Balaban J connectivity index is 2.08. The van der Waals surface area contributed by atoms with Crippen molar-refractivity contribution < 1.29 is 19.2 Å². The smallest absolute Gasteiger partial charge is 0.337 e. The number of esters is 1. The van der Waals surface area contributed by atoms with Crippen molar-refractivity contribution in [2.75, 3.05) is 7.11 Å². The van der Waals surface area contributed by atoms with Gasteiger partial charge >= 0.3 is 5.97 Å². The summed E-state index contributed by atoms with van der Waals surface area (Å²) in [6.07, 6.45) is 0. The van der Waals surface area contributed by atoms with Gasteiger partial charge in [0.2, 0.25) is 0 Å². The molecule has 2 aromatic carbocycles. The fraction of sp³-hybridized carbons (Fsp3) is 0.133. The second kappa shape index (κ2) is 6.51. The minimum absolute atomic E-state index is 0.0317. The van der Waals surface area contributed by atoms with E-state index in [1.807, 2.05) is 0 Å². The fourth-order valence-corrected chi connectivity index (χ4v) is 1.76. The number of ether oxygens (including phenoxy) is 2. The van der Waals surface area contributed by atoms with Crippen LogP contribution in [0.4, 0.5) is 5.69 Å². The Morgan fingerprint density at radius 2 is 1.95 bits per heavy atom. The molecule has 6 heteroatoms. The van der Waals surface area contributed by atoms with Gasteiger partial charge in [0.1, 0.15) is 12.4 Å². The zero-order valence-corrected chi connectivity index (χ0v) is 11.3. The van der Waals surface area contributed by atoms with Crippen LogP contribution in [0.1, 0.15) is 15.9 Å². The Bertz CT molecular complexity index is 669. The molecule has 2 rings (SSSR count). The molecule has 0 N–H and O–H groups in total. The maximum atomic E-state index is 11.4. The molecular formula is C15H13NO5. The third-order valence-corrected chi connectivity index (χ3v) is 2.78. The van der Waals surface area contributed by atoms with Gasteiger partial charge in [-0.2, -0.15) is 0 Å². The van der Waals surface area contributed by atoms with Crippen molar-refractivity contribution in [1.29, 1.82) is 0 Å². The van der Waals surface area contributed by atoms with Gasteiger partial charge in [0.05, 0.1) is 23.7 Å². The number of carbonyl (C=O) groups excluding carboxylic acids is 1. The third kappa shape index (κ3) is 3.79. The molecule has 0 saturated carbocycles. The van der Waals surface area contributed by atoms with E-state index in [0.717, 1.165) is 5.56 Å². The van der Waals surface area contributed by atoms with Gasteiger partial charge in [-0.25, -0.2) is 4.79 Å². The van der Waals surface area contributed by atoms with Gasteiger partial charge < -0.3 is 9.47 Å². The number of benzene rings is 2. The first kappa shape index (κ1) is 14.5. The molecule has 21 heavy (non-hydrogen) atoms. The Morgan fingerprint density at radius 3 is 2.67 bits per heavy atom. The molecule has 0 unspecified atom stereocenters. The van der Waals surface area contributed by atoms with Crippen molar-refractivity contribution >= 4 is 11.7 Å². The summed E-state index contributed by atoms with van der Waals surface area (Å²) in [5.41, 5.74) is 1.16. The monoisotopic (exact) mass is 287 g/mol. The summed E-state index contributed by atoms with van der Waals surface area (Å²) in [4.78, 5) is 21.6. The van der Waals surface area contributed by atoms with E-state index in [0.29, 0.717) is 11.3 Å². The topological polar surface area (TPSA) is 78.7 Å². The molecule has 0 aromatic heterocycles. The molecule has 6 nitrogen and oxygen atoms in total. The van der Waals surface area contributed by atoms with Crippen molar-refractivity contribution in [1.82, 2.24) is 0 Å². The molecule has 0 spiro atoms. The lowest BCUT2D eigenvalue weighted by Gasteiger charge is -2.07.